The van der Waals surface area contributed by atoms with Crippen LogP contribution in [0.5, 0.6) is 0 Å². The molecule has 1 N–H and O–H groups in total. The first kappa shape index (κ1) is 18.4. The number of carbonyl (C=O) groups excluding carboxylic acids is 1. The Kier molecular flexibility index (Phi) is 5.58. The smallest absolute Gasteiger partial charge is 0.317 e. The lowest BCUT2D eigenvalue weighted by molar-refractivity contribution is 0.169. The van der Waals surface area contributed by atoms with Crippen molar-refractivity contribution in [1.82, 2.24) is 14.5 Å². The fourth-order valence-electron chi connectivity index (χ4n) is 2.97. The number of urea groups is 1. The van der Waals surface area contributed by atoms with Gasteiger partial charge in [-0.15, -0.1) is 0 Å². The number of rotatable bonds is 4. The normalized spacial score (nSPS) is 16.9. The number of sulfonamides is 1. The van der Waals surface area contributed by atoms with E-state index in [1.54, 1.807) is 35.2 Å². The molecule has 1 fully saturated rings. The third kappa shape index (κ3) is 4.05. The summed E-state index contributed by atoms with van der Waals surface area (Å²) in [7, 11) is -3.50. The van der Waals surface area contributed by atoms with E-state index in [1.165, 1.54) is 4.31 Å². The summed E-state index contributed by atoms with van der Waals surface area (Å²) in [5.41, 5.74) is 1.03. The minimum absolute atomic E-state index is 0.102. The van der Waals surface area contributed by atoms with E-state index in [-0.39, 0.29) is 17.0 Å². The van der Waals surface area contributed by atoms with Gasteiger partial charge in [-0.2, -0.15) is 4.31 Å². The molecule has 138 valence electrons. The molecule has 6 nitrogen and oxygen atoms in total. The Morgan fingerprint density at radius 1 is 0.923 bits per heavy atom. The molecule has 2 amide bonds. The number of nitrogens with one attached hydrogen (secondary N) is 1. The standard InChI is InChI=1S/C19H23N3O3S/c1-16(17-8-4-2-5-9-17)20-19(23)21-12-14-22(15-13-21)26(24,25)18-10-6-3-7-11-18/h2-11,16H,12-15H2,1H3,(H,20,23). The number of piperazine rings is 1. The minimum Gasteiger partial charge on any atom is -0.331 e. The molecule has 1 atom stereocenters. The molecule has 0 saturated carbocycles. The zero-order valence-corrected chi connectivity index (χ0v) is 15.5. The van der Waals surface area contributed by atoms with Crippen LogP contribution in [0, 0.1) is 0 Å². The highest BCUT2D eigenvalue weighted by Crippen LogP contribution is 2.18. The molecule has 2 aromatic carbocycles. The van der Waals surface area contributed by atoms with E-state index in [0.717, 1.165) is 5.56 Å². The lowest BCUT2D eigenvalue weighted by atomic mass is 10.1. The molecule has 1 aliphatic rings. The Morgan fingerprint density at radius 2 is 1.46 bits per heavy atom. The van der Waals surface area contributed by atoms with Gasteiger partial charge in [0.05, 0.1) is 10.9 Å². The van der Waals surface area contributed by atoms with Gasteiger partial charge in [0, 0.05) is 26.2 Å². The summed E-state index contributed by atoms with van der Waals surface area (Å²) in [5, 5.41) is 2.97. The molecule has 3 rings (SSSR count). The fourth-order valence-corrected chi connectivity index (χ4v) is 4.42. The Balaban J connectivity index is 1.57. The Labute approximate surface area is 154 Å². The largest absolute Gasteiger partial charge is 0.331 e. The third-order valence-corrected chi connectivity index (χ3v) is 6.46. The molecule has 26 heavy (non-hydrogen) atoms. The van der Waals surface area contributed by atoms with Crippen molar-refractivity contribution in [3.8, 4) is 0 Å². The second-order valence-electron chi connectivity index (χ2n) is 6.29. The van der Waals surface area contributed by atoms with Gasteiger partial charge in [-0.3, -0.25) is 0 Å². The zero-order valence-electron chi connectivity index (χ0n) is 14.7. The van der Waals surface area contributed by atoms with Crippen molar-refractivity contribution in [1.29, 1.82) is 0 Å². The average Bonchev–Trinajstić information content (AvgIpc) is 2.69. The Hall–Kier alpha value is -2.38. The van der Waals surface area contributed by atoms with Gasteiger partial charge < -0.3 is 10.2 Å². The van der Waals surface area contributed by atoms with Gasteiger partial charge in [0.15, 0.2) is 0 Å². The van der Waals surface area contributed by atoms with Crippen LogP contribution in [-0.4, -0.2) is 49.8 Å². The number of hydrogen-bond donors (Lipinski definition) is 1. The van der Waals surface area contributed by atoms with Gasteiger partial charge in [0.25, 0.3) is 0 Å². The van der Waals surface area contributed by atoms with Crippen LogP contribution < -0.4 is 5.32 Å². The van der Waals surface area contributed by atoms with Crippen molar-refractivity contribution in [3.05, 3.63) is 66.2 Å². The highest BCUT2D eigenvalue weighted by atomic mass is 32.2. The number of amides is 2. The summed E-state index contributed by atoms with van der Waals surface area (Å²) >= 11 is 0. The molecule has 0 aliphatic carbocycles. The van der Waals surface area contributed by atoms with E-state index < -0.39 is 10.0 Å². The second kappa shape index (κ2) is 7.88. The van der Waals surface area contributed by atoms with Crippen LogP contribution in [0.25, 0.3) is 0 Å². The van der Waals surface area contributed by atoms with Crippen LogP contribution in [0.1, 0.15) is 18.5 Å². The maximum absolute atomic E-state index is 12.6. The predicted molar refractivity (Wildman–Crippen MR) is 100 cm³/mol. The summed E-state index contributed by atoms with van der Waals surface area (Å²) < 4.78 is 26.7. The molecule has 2 aromatic rings. The van der Waals surface area contributed by atoms with Gasteiger partial charge in [0.1, 0.15) is 0 Å². The monoisotopic (exact) mass is 373 g/mol. The first-order valence-electron chi connectivity index (χ1n) is 8.64. The lowest BCUT2D eigenvalue weighted by Gasteiger charge is -2.34. The van der Waals surface area contributed by atoms with Gasteiger partial charge in [-0.05, 0) is 24.6 Å². The predicted octanol–water partition coefficient (Wildman–Crippen LogP) is 2.46. The van der Waals surface area contributed by atoms with Crippen molar-refractivity contribution in [2.45, 2.75) is 17.9 Å². The molecule has 1 aliphatic heterocycles. The van der Waals surface area contributed by atoms with E-state index in [4.69, 9.17) is 0 Å². The first-order valence-corrected chi connectivity index (χ1v) is 10.1. The number of carbonyl (C=O) groups is 1. The zero-order chi connectivity index (χ0) is 18.6. The number of benzene rings is 2. The highest BCUT2D eigenvalue weighted by Gasteiger charge is 2.30. The van der Waals surface area contributed by atoms with Gasteiger partial charge in [-0.1, -0.05) is 48.5 Å². The van der Waals surface area contributed by atoms with Crippen LogP contribution in [-0.2, 0) is 10.0 Å². The van der Waals surface area contributed by atoms with E-state index in [9.17, 15) is 13.2 Å². The molecular weight excluding hydrogens is 350 g/mol. The molecule has 1 saturated heterocycles. The minimum atomic E-state index is -3.50. The Bertz CT molecular complexity index is 833. The lowest BCUT2D eigenvalue weighted by Crippen LogP contribution is -2.53. The summed E-state index contributed by atoms with van der Waals surface area (Å²) in [6, 6.07) is 17.9. The summed E-state index contributed by atoms with van der Waals surface area (Å²) in [4.78, 5) is 14.4. The summed E-state index contributed by atoms with van der Waals surface area (Å²) in [5.74, 6) is 0. The molecule has 1 heterocycles. The third-order valence-electron chi connectivity index (χ3n) is 4.55. The quantitative estimate of drug-likeness (QED) is 0.895. The van der Waals surface area contributed by atoms with Crippen LogP contribution in [0.3, 0.4) is 0 Å². The van der Waals surface area contributed by atoms with Crippen molar-refractivity contribution in [2.24, 2.45) is 0 Å². The van der Waals surface area contributed by atoms with Gasteiger partial charge >= 0.3 is 6.03 Å². The average molecular weight is 373 g/mol. The number of hydrogen-bond acceptors (Lipinski definition) is 3. The SMILES string of the molecule is CC(NC(=O)N1CCN(S(=O)(=O)c2ccccc2)CC1)c1ccccc1. The molecule has 0 aromatic heterocycles. The maximum Gasteiger partial charge on any atom is 0.317 e. The molecule has 0 spiro atoms. The molecule has 1 unspecified atom stereocenters. The first-order chi connectivity index (χ1) is 12.5. The summed E-state index contributed by atoms with van der Waals surface area (Å²) in [6.45, 7) is 3.27. The van der Waals surface area contributed by atoms with Crippen LogP contribution in [0.4, 0.5) is 4.79 Å². The topological polar surface area (TPSA) is 69.7 Å². The van der Waals surface area contributed by atoms with Gasteiger partial charge in [0.2, 0.25) is 10.0 Å². The maximum atomic E-state index is 12.6. The number of nitrogens with zero attached hydrogens (tertiary/aromatic N) is 2. The van der Waals surface area contributed by atoms with E-state index in [1.807, 2.05) is 37.3 Å². The highest BCUT2D eigenvalue weighted by molar-refractivity contribution is 7.89. The summed E-state index contributed by atoms with van der Waals surface area (Å²) in [6.07, 6.45) is 0. The molecule has 7 heteroatoms. The molecule has 0 bridgehead atoms. The molecule has 0 radical (unpaired) electrons. The Morgan fingerprint density at radius 3 is 2.04 bits per heavy atom. The van der Waals surface area contributed by atoms with Crippen molar-refractivity contribution in [3.63, 3.8) is 0 Å². The van der Waals surface area contributed by atoms with Crippen molar-refractivity contribution < 1.29 is 13.2 Å². The van der Waals surface area contributed by atoms with Crippen molar-refractivity contribution in [2.75, 3.05) is 26.2 Å². The second-order valence-corrected chi connectivity index (χ2v) is 8.22. The van der Waals surface area contributed by atoms with Crippen molar-refractivity contribution >= 4 is 16.1 Å². The van der Waals surface area contributed by atoms with Crippen LogP contribution in [0.2, 0.25) is 0 Å². The molecular formula is C19H23N3O3S. The van der Waals surface area contributed by atoms with E-state index in [2.05, 4.69) is 5.32 Å². The van der Waals surface area contributed by atoms with Crippen LogP contribution in [0.15, 0.2) is 65.6 Å². The fraction of sp³-hybridized carbons (Fsp3) is 0.316. The van der Waals surface area contributed by atoms with E-state index >= 15 is 0 Å². The van der Waals surface area contributed by atoms with Gasteiger partial charge in [-0.25, -0.2) is 13.2 Å². The van der Waals surface area contributed by atoms with Crippen LogP contribution >= 0.6 is 0 Å². The van der Waals surface area contributed by atoms with E-state index in [0.29, 0.717) is 26.2 Å².